The van der Waals surface area contributed by atoms with Crippen LogP contribution >= 0.6 is 0 Å². The maximum Gasteiger partial charge on any atom is 0.281 e. The number of carbonyl (C=O) groups is 1. The lowest BCUT2D eigenvalue weighted by molar-refractivity contribution is 0.0946. The van der Waals surface area contributed by atoms with Crippen molar-refractivity contribution < 1.29 is 23.4 Å². The number of nitrogens with zero attached hydrogens (tertiary/aromatic N) is 3. The van der Waals surface area contributed by atoms with E-state index < -0.39 is 5.91 Å². The fourth-order valence-electron chi connectivity index (χ4n) is 3.18. The average Bonchev–Trinajstić information content (AvgIpc) is 3.52. The van der Waals surface area contributed by atoms with Crippen LogP contribution < -0.4 is 19.5 Å². The number of furan rings is 1. The molecule has 2 heterocycles. The van der Waals surface area contributed by atoms with Gasteiger partial charge in [0, 0.05) is 12.1 Å². The van der Waals surface area contributed by atoms with Gasteiger partial charge in [-0.2, -0.15) is 9.67 Å². The summed E-state index contributed by atoms with van der Waals surface area (Å²) >= 11 is 0. The maximum atomic E-state index is 13.4. The van der Waals surface area contributed by atoms with Crippen LogP contribution in [0.5, 0.6) is 17.2 Å². The van der Waals surface area contributed by atoms with E-state index in [2.05, 4.69) is 15.4 Å². The summed E-state index contributed by atoms with van der Waals surface area (Å²) in [4.78, 5) is 17.9. The van der Waals surface area contributed by atoms with Crippen molar-refractivity contribution in [3.05, 3.63) is 72.0 Å². The molecule has 0 unspecified atom stereocenters. The van der Waals surface area contributed by atoms with Gasteiger partial charge in [-0.1, -0.05) is 30.3 Å². The van der Waals surface area contributed by atoms with Crippen LogP contribution in [0.2, 0.25) is 0 Å². The molecule has 0 spiro atoms. The Labute approximate surface area is 184 Å². The Balaban J connectivity index is 1.73. The standard InChI is InChI=1S/C23H22N4O5/c1-29-18-12-16(13-19(30-2)20(18)31-3)22(28)27-23(24-14-15-8-5-4-6-9-15)25-21(26-27)17-10-7-11-32-17/h4-13H,14H2,1-3H3,(H,24,25,26). The van der Waals surface area contributed by atoms with E-state index in [4.69, 9.17) is 18.6 Å². The summed E-state index contributed by atoms with van der Waals surface area (Å²) in [5, 5.41) is 7.56. The van der Waals surface area contributed by atoms with Gasteiger partial charge >= 0.3 is 0 Å². The molecule has 0 saturated heterocycles. The fourth-order valence-corrected chi connectivity index (χ4v) is 3.18. The van der Waals surface area contributed by atoms with Crippen molar-refractivity contribution in [3.8, 4) is 28.8 Å². The number of rotatable bonds is 8. The summed E-state index contributed by atoms with van der Waals surface area (Å²) in [7, 11) is 4.48. The van der Waals surface area contributed by atoms with Gasteiger partial charge in [0.05, 0.1) is 27.6 Å². The number of aromatic nitrogens is 3. The van der Waals surface area contributed by atoms with Crippen LogP contribution in [0.15, 0.2) is 65.3 Å². The first-order valence-electron chi connectivity index (χ1n) is 9.78. The summed E-state index contributed by atoms with van der Waals surface area (Å²) in [6.07, 6.45) is 1.52. The molecule has 0 aliphatic carbocycles. The zero-order chi connectivity index (χ0) is 22.5. The molecule has 0 atom stereocenters. The molecule has 9 heteroatoms. The molecule has 4 aromatic rings. The van der Waals surface area contributed by atoms with E-state index in [0.717, 1.165) is 5.56 Å². The van der Waals surface area contributed by atoms with Gasteiger partial charge in [-0.05, 0) is 29.8 Å². The summed E-state index contributed by atoms with van der Waals surface area (Å²) in [5.74, 6) is 1.70. The molecule has 4 rings (SSSR count). The number of benzene rings is 2. The molecular formula is C23H22N4O5. The second-order valence-electron chi connectivity index (χ2n) is 6.71. The Hall–Kier alpha value is -4.27. The van der Waals surface area contributed by atoms with Crippen molar-refractivity contribution in [2.45, 2.75) is 6.54 Å². The third-order valence-corrected chi connectivity index (χ3v) is 4.75. The quantitative estimate of drug-likeness (QED) is 0.446. The van der Waals surface area contributed by atoms with Gasteiger partial charge in [-0.25, -0.2) is 0 Å². The zero-order valence-corrected chi connectivity index (χ0v) is 17.9. The lowest BCUT2D eigenvalue weighted by atomic mass is 10.1. The predicted molar refractivity (Wildman–Crippen MR) is 117 cm³/mol. The molecule has 0 fully saturated rings. The van der Waals surface area contributed by atoms with E-state index in [1.165, 1.54) is 32.3 Å². The van der Waals surface area contributed by atoms with Crippen molar-refractivity contribution in [3.63, 3.8) is 0 Å². The molecule has 164 valence electrons. The molecule has 0 radical (unpaired) electrons. The number of hydrogen-bond acceptors (Lipinski definition) is 8. The third-order valence-electron chi connectivity index (χ3n) is 4.75. The van der Waals surface area contributed by atoms with Gasteiger partial charge < -0.3 is 23.9 Å². The first-order valence-corrected chi connectivity index (χ1v) is 9.78. The number of ether oxygens (including phenoxy) is 3. The van der Waals surface area contributed by atoms with Crippen LogP contribution in [0.25, 0.3) is 11.6 Å². The first kappa shape index (κ1) is 21.0. The van der Waals surface area contributed by atoms with E-state index in [9.17, 15) is 4.79 Å². The van der Waals surface area contributed by atoms with Crippen LogP contribution in [0.3, 0.4) is 0 Å². The largest absolute Gasteiger partial charge is 0.493 e. The summed E-state index contributed by atoms with van der Waals surface area (Å²) < 4.78 is 22.7. The first-order chi connectivity index (χ1) is 15.6. The zero-order valence-electron chi connectivity index (χ0n) is 17.9. The predicted octanol–water partition coefficient (Wildman–Crippen LogP) is 3.86. The summed E-state index contributed by atoms with van der Waals surface area (Å²) in [6, 6.07) is 16.4. The average molecular weight is 434 g/mol. The van der Waals surface area contributed by atoms with Gasteiger partial charge in [0.2, 0.25) is 17.5 Å². The Morgan fingerprint density at radius 1 is 1.00 bits per heavy atom. The van der Waals surface area contributed by atoms with Crippen LogP contribution in [0, 0.1) is 0 Å². The van der Waals surface area contributed by atoms with Gasteiger partial charge in [-0.3, -0.25) is 4.79 Å². The molecular weight excluding hydrogens is 412 g/mol. The smallest absolute Gasteiger partial charge is 0.281 e. The minimum Gasteiger partial charge on any atom is -0.493 e. The van der Waals surface area contributed by atoms with E-state index in [1.807, 2.05) is 30.3 Å². The Morgan fingerprint density at radius 3 is 2.31 bits per heavy atom. The molecule has 0 aliphatic heterocycles. The molecule has 0 amide bonds. The molecule has 0 saturated carbocycles. The summed E-state index contributed by atoms with van der Waals surface area (Å²) in [6.45, 7) is 0.458. The normalized spacial score (nSPS) is 10.6. The van der Waals surface area contributed by atoms with E-state index >= 15 is 0 Å². The Morgan fingerprint density at radius 2 is 1.72 bits per heavy atom. The lowest BCUT2D eigenvalue weighted by Gasteiger charge is -2.14. The number of carbonyl (C=O) groups excluding carboxylic acids is 1. The monoisotopic (exact) mass is 434 g/mol. The molecule has 1 N–H and O–H groups in total. The minimum absolute atomic E-state index is 0.277. The second kappa shape index (κ2) is 9.25. The SMILES string of the molecule is COc1cc(C(=O)n2nc(-c3ccco3)nc2NCc2ccccc2)cc(OC)c1OC. The number of nitrogens with one attached hydrogen (secondary N) is 1. The molecule has 2 aromatic carbocycles. The highest BCUT2D eigenvalue weighted by atomic mass is 16.5. The third kappa shape index (κ3) is 4.13. The van der Waals surface area contributed by atoms with Gasteiger partial charge in [-0.15, -0.1) is 5.10 Å². The molecule has 0 aliphatic rings. The van der Waals surface area contributed by atoms with Gasteiger partial charge in [0.1, 0.15) is 0 Å². The van der Waals surface area contributed by atoms with Crippen LogP contribution in [0.4, 0.5) is 5.95 Å². The van der Waals surface area contributed by atoms with Crippen LogP contribution in [0.1, 0.15) is 15.9 Å². The van der Waals surface area contributed by atoms with Crippen molar-refractivity contribution in [1.82, 2.24) is 14.8 Å². The second-order valence-corrected chi connectivity index (χ2v) is 6.71. The Bertz CT molecular complexity index is 1180. The van der Waals surface area contributed by atoms with E-state index in [1.54, 1.807) is 24.3 Å². The molecule has 32 heavy (non-hydrogen) atoms. The molecule has 9 nitrogen and oxygen atoms in total. The van der Waals surface area contributed by atoms with Gasteiger partial charge in [0.15, 0.2) is 17.3 Å². The number of methoxy groups -OCH3 is 3. The van der Waals surface area contributed by atoms with Crippen molar-refractivity contribution >= 4 is 11.9 Å². The maximum absolute atomic E-state index is 13.4. The molecule has 2 aromatic heterocycles. The van der Waals surface area contributed by atoms with Crippen molar-refractivity contribution in [2.24, 2.45) is 0 Å². The van der Waals surface area contributed by atoms with E-state index in [0.29, 0.717) is 29.6 Å². The molecule has 0 bridgehead atoms. The van der Waals surface area contributed by atoms with Crippen molar-refractivity contribution in [2.75, 3.05) is 26.6 Å². The van der Waals surface area contributed by atoms with Crippen LogP contribution in [-0.2, 0) is 6.54 Å². The topological polar surface area (TPSA) is 101 Å². The number of hydrogen-bond donors (Lipinski definition) is 1. The van der Waals surface area contributed by atoms with Gasteiger partial charge in [0.25, 0.3) is 5.91 Å². The minimum atomic E-state index is -0.426. The fraction of sp³-hybridized carbons (Fsp3) is 0.174. The highest BCUT2D eigenvalue weighted by molar-refractivity contribution is 5.98. The van der Waals surface area contributed by atoms with E-state index in [-0.39, 0.29) is 17.3 Å². The van der Waals surface area contributed by atoms with Crippen LogP contribution in [-0.4, -0.2) is 42.0 Å². The number of anilines is 1. The summed E-state index contributed by atoms with van der Waals surface area (Å²) in [5.41, 5.74) is 1.32. The van der Waals surface area contributed by atoms with Crippen molar-refractivity contribution in [1.29, 1.82) is 0 Å². The Kier molecular flexibility index (Phi) is 6.07. The lowest BCUT2D eigenvalue weighted by Crippen LogP contribution is -2.18. The highest BCUT2D eigenvalue weighted by Gasteiger charge is 2.23. The highest BCUT2D eigenvalue weighted by Crippen LogP contribution is 2.38.